The first-order valence-corrected chi connectivity index (χ1v) is 8.76. The molecule has 1 aliphatic rings. The van der Waals surface area contributed by atoms with Gasteiger partial charge in [0.2, 0.25) is 0 Å². The zero-order valence-corrected chi connectivity index (χ0v) is 16.2. The Labute approximate surface area is 163 Å². The minimum Gasteiger partial charge on any atom is -0.497 e. The highest BCUT2D eigenvalue weighted by atomic mass is 16.5. The summed E-state index contributed by atoms with van der Waals surface area (Å²) in [5, 5.41) is 2.77. The van der Waals surface area contributed by atoms with Crippen LogP contribution in [0, 0.1) is 0 Å². The Morgan fingerprint density at radius 3 is 2.32 bits per heavy atom. The fraction of sp³-hybridized carbons (Fsp3) is 0.286. The monoisotopic (exact) mass is 382 g/mol. The van der Waals surface area contributed by atoms with Gasteiger partial charge in [-0.25, -0.2) is 4.79 Å². The molecule has 1 atom stereocenters. The lowest BCUT2D eigenvalue weighted by molar-refractivity contribution is -0.131. The van der Waals surface area contributed by atoms with Crippen molar-refractivity contribution in [3.8, 4) is 11.5 Å². The van der Waals surface area contributed by atoms with E-state index in [9.17, 15) is 14.4 Å². The predicted octanol–water partition coefficient (Wildman–Crippen LogP) is 2.87. The third-order valence-electron chi connectivity index (χ3n) is 4.96. The molecule has 0 spiro atoms. The smallest absolute Gasteiger partial charge is 0.325 e. The summed E-state index contributed by atoms with van der Waals surface area (Å²) in [7, 11) is 3.06. The van der Waals surface area contributed by atoms with E-state index in [2.05, 4.69) is 5.32 Å². The van der Waals surface area contributed by atoms with Crippen LogP contribution < -0.4 is 14.8 Å². The number of hydrogen-bond acceptors (Lipinski definition) is 5. The van der Waals surface area contributed by atoms with Crippen molar-refractivity contribution in [2.45, 2.75) is 25.9 Å². The van der Waals surface area contributed by atoms with Crippen molar-refractivity contribution < 1.29 is 23.9 Å². The maximum Gasteiger partial charge on any atom is 0.325 e. The number of ether oxygens (including phenoxy) is 2. The van der Waals surface area contributed by atoms with Crippen LogP contribution in [0.15, 0.2) is 42.5 Å². The zero-order chi connectivity index (χ0) is 20.5. The fourth-order valence-electron chi connectivity index (χ4n) is 3.25. The summed E-state index contributed by atoms with van der Waals surface area (Å²) in [6.07, 6.45) is 0. The Hall–Kier alpha value is -3.35. The van der Waals surface area contributed by atoms with Crippen LogP contribution in [0.5, 0.6) is 11.5 Å². The second-order valence-electron chi connectivity index (χ2n) is 6.76. The lowest BCUT2D eigenvalue weighted by atomic mass is 9.92. The highest BCUT2D eigenvalue weighted by Crippen LogP contribution is 2.32. The van der Waals surface area contributed by atoms with Crippen LogP contribution in [0.4, 0.5) is 4.79 Å². The van der Waals surface area contributed by atoms with Gasteiger partial charge in [0, 0.05) is 11.1 Å². The van der Waals surface area contributed by atoms with Crippen LogP contribution in [0.1, 0.15) is 35.3 Å². The van der Waals surface area contributed by atoms with Crippen molar-refractivity contribution in [2.24, 2.45) is 0 Å². The summed E-state index contributed by atoms with van der Waals surface area (Å²) >= 11 is 0. The molecule has 3 amide bonds. The molecule has 1 unspecified atom stereocenters. The van der Waals surface area contributed by atoms with Crippen LogP contribution in [0.25, 0.3) is 0 Å². The van der Waals surface area contributed by atoms with Crippen LogP contribution in [-0.2, 0) is 16.9 Å². The Morgan fingerprint density at radius 1 is 1.07 bits per heavy atom. The molecule has 0 saturated carbocycles. The molecule has 28 heavy (non-hydrogen) atoms. The van der Waals surface area contributed by atoms with Gasteiger partial charge in [0.25, 0.3) is 5.91 Å². The van der Waals surface area contributed by atoms with Crippen LogP contribution in [0.3, 0.4) is 0 Å². The van der Waals surface area contributed by atoms with E-state index in [0.717, 1.165) is 4.90 Å². The van der Waals surface area contributed by atoms with E-state index in [0.29, 0.717) is 28.2 Å². The predicted molar refractivity (Wildman–Crippen MR) is 102 cm³/mol. The molecule has 0 bridgehead atoms. The number of carbonyl (C=O) groups is 3. The normalized spacial score (nSPS) is 18.8. The maximum atomic E-state index is 13.1. The van der Waals surface area contributed by atoms with E-state index in [-0.39, 0.29) is 18.2 Å². The standard InChI is InChI=1S/C21H22N2O5/c1-13(24)14-5-10-18(28-4)15(11-14)12-23-19(25)21(2,22-20(23)26)16-6-8-17(27-3)9-7-16/h5-11H,12H2,1-4H3,(H,22,26). The maximum absolute atomic E-state index is 13.1. The van der Waals surface area contributed by atoms with Gasteiger partial charge in [-0.15, -0.1) is 0 Å². The van der Waals surface area contributed by atoms with E-state index in [1.165, 1.54) is 14.0 Å². The van der Waals surface area contributed by atoms with Gasteiger partial charge in [-0.05, 0) is 49.7 Å². The third-order valence-corrected chi connectivity index (χ3v) is 4.96. The zero-order valence-electron chi connectivity index (χ0n) is 16.2. The minimum atomic E-state index is -1.19. The molecule has 2 aromatic carbocycles. The number of carbonyl (C=O) groups excluding carboxylic acids is 3. The van der Waals surface area contributed by atoms with Gasteiger partial charge in [-0.1, -0.05) is 12.1 Å². The molecule has 1 saturated heterocycles. The molecular weight excluding hydrogens is 360 g/mol. The first-order chi connectivity index (χ1) is 13.3. The number of nitrogens with one attached hydrogen (secondary N) is 1. The molecule has 1 heterocycles. The van der Waals surface area contributed by atoms with Crippen LogP contribution in [0.2, 0.25) is 0 Å². The number of nitrogens with zero attached hydrogens (tertiary/aromatic N) is 1. The second-order valence-corrected chi connectivity index (χ2v) is 6.76. The van der Waals surface area contributed by atoms with Gasteiger partial charge in [0.15, 0.2) is 5.78 Å². The molecule has 2 aromatic rings. The Balaban J connectivity index is 1.92. The lowest BCUT2D eigenvalue weighted by Gasteiger charge is -2.22. The number of Topliss-reactive ketones (excluding diaryl/α,β-unsaturated/α-hetero) is 1. The lowest BCUT2D eigenvalue weighted by Crippen LogP contribution is -2.40. The summed E-state index contributed by atoms with van der Waals surface area (Å²) < 4.78 is 10.5. The second kappa shape index (κ2) is 7.34. The summed E-state index contributed by atoms with van der Waals surface area (Å²) in [5.41, 5.74) is 0.534. The number of urea groups is 1. The molecular formula is C21H22N2O5. The van der Waals surface area contributed by atoms with Gasteiger partial charge in [-0.2, -0.15) is 0 Å². The SMILES string of the molecule is COc1ccc(C2(C)NC(=O)N(Cc3cc(C(C)=O)ccc3OC)C2=O)cc1. The van der Waals surface area contributed by atoms with Crippen LogP contribution in [-0.4, -0.2) is 36.8 Å². The van der Waals surface area contributed by atoms with Gasteiger partial charge < -0.3 is 14.8 Å². The number of rotatable bonds is 6. The van der Waals surface area contributed by atoms with Crippen molar-refractivity contribution in [2.75, 3.05) is 14.2 Å². The van der Waals surface area contributed by atoms with Crippen molar-refractivity contribution >= 4 is 17.7 Å². The molecule has 146 valence electrons. The van der Waals surface area contributed by atoms with E-state index in [4.69, 9.17) is 9.47 Å². The van der Waals surface area contributed by atoms with E-state index in [1.54, 1.807) is 56.5 Å². The highest BCUT2D eigenvalue weighted by Gasteiger charge is 2.49. The quantitative estimate of drug-likeness (QED) is 0.613. The molecule has 0 radical (unpaired) electrons. The van der Waals surface area contributed by atoms with Gasteiger partial charge in [-0.3, -0.25) is 14.5 Å². The fourth-order valence-corrected chi connectivity index (χ4v) is 3.25. The molecule has 1 fully saturated rings. The van der Waals surface area contributed by atoms with Crippen LogP contribution >= 0.6 is 0 Å². The molecule has 1 N–H and O–H groups in total. The van der Waals surface area contributed by atoms with E-state index < -0.39 is 11.6 Å². The Bertz CT molecular complexity index is 938. The highest BCUT2D eigenvalue weighted by molar-refractivity contribution is 6.07. The average molecular weight is 382 g/mol. The number of methoxy groups -OCH3 is 2. The van der Waals surface area contributed by atoms with E-state index in [1.807, 2.05) is 0 Å². The third kappa shape index (κ3) is 3.31. The molecule has 1 aliphatic heterocycles. The van der Waals surface area contributed by atoms with Crippen molar-refractivity contribution in [3.63, 3.8) is 0 Å². The average Bonchev–Trinajstić information content (AvgIpc) is 2.91. The van der Waals surface area contributed by atoms with Crippen molar-refractivity contribution in [3.05, 3.63) is 59.2 Å². The first-order valence-electron chi connectivity index (χ1n) is 8.76. The Morgan fingerprint density at radius 2 is 1.75 bits per heavy atom. The van der Waals surface area contributed by atoms with Gasteiger partial charge in [0.1, 0.15) is 17.0 Å². The largest absolute Gasteiger partial charge is 0.497 e. The van der Waals surface area contributed by atoms with Crippen molar-refractivity contribution in [1.29, 1.82) is 0 Å². The Kier molecular flexibility index (Phi) is 5.09. The molecule has 3 rings (SSSR count). The number of hydrogen-bond donors (Lipinski definition) is 1. The summed E-state index contributed by atoms with van der Waals surface area (Å²) in [6, 6.07) is 11.4. The molecule has 7 nitrogen and oxygen atoms in total. The molecule has 7 heteroatoms. The minimum absolute atomic E-state index is 0.000699. The molecule has 0 aliphatic carbocycles. The summed E-state index contributed by atoms with van der Waals surface area (Å²) in [4.78, 5) is 38.5. The molecule has 0 aromatic heterocycles. The summed E-state index contributed by atoms with van der Waals surface area (Å²) in [6.45, 7) is 3.12. The topological polar surface area (TPSA) is 84.9 Å². The number of amides is 3. The number of ketones is 1. The number of benzene rings is 2. The first kappa shape index (κ1) is 19.4. The van der Waals surface area contributed by atoms with Crippen molar-refractivity contribution in [1.82, 2.24) is 10.2 Å². The summed E-state index contributed by atoms with van der Waals surface area (Å²) in [5.74, 6) is 0.678. The van der Waals surface area contributed by atoms with E-state index >= 15 is 0 Å². The number of imide groups is 1. The van der Waals surface area contributed by atoms with Gasteiger partial charge in [0.05, 0.1) is 20.8 Å². The van der Waals surface area contributed by atoms with Gasteiger partial charge >= 0.3 is 6.03 Å².